The molecule has 57 heavy (non-hydrogen) atoms. The van der Waals surface area contributed by atoms with Crippen LogP contribution in [0.2, 0.25) is 0 Å². The van der Waals surface area contributed by atoms with Gasteiger partial charge in [0.25, 0.3) is 0 Å². The van der Waals surface area contributed by atoms with Crippen LogP contribution in [0.25, 0.3) is 0 Å². The average molecular weight is 803 g/mol. The molecule has 2 N–H and O–H groups in total. The van der Waals surface area contributed by atoms with Crippen molar-refractivity contribution < 1.29 is 23.1 Å². The Morgan fingerprint density at radius 1 is 0.947 bits per heavy atom. The van der Waals surface area contributed by atoms with Gasteiger partial charge in [-0.25, -0.2) is 13.4 Å². The minimum absolute atomic E-state index is 0.00203. The number of hydrogen-bond donors (Lipinski definition) is 2. The fourth-order valence-electron chi connectivity index (χ4n) is 15.1. The second kappa shape index (κ2) is 14.6. The summed E-state index contributed by atoms with van der Waals surface area (Å²) in [6, 6.07) is 0. The third-order valence-corrected chi connectivity index (χ3v) is 20.0. The molecule has 5 fully saturated rings. The van der Waals surface area contributed by atoms with Crippen molar-refractivity contribution in [2.45, 2.75) is 124 Å². The number of nitrogens with one attached hydrogen (secondary N) is 1. The largest absolute Gasteiger partial charge is 0.481 e. The molecule has 1 saturated heterocycles. The second-order valence-electron chi connectivity index (χ2n) is 21.2. The van der Waals surface area contributed by atoms with Gasteiger partial charge in [0.1, 0.15) is 12.0 Å². The number of nitrogens with zero attached hydrogens (tertiary/aromatic N) is 3. The number of carboxylic acids is 1. The van der Waals surface area contributed by atoms with Crippen molar-refractivity contribution in [3.63, 3.8) is 0 Å². The molecule has 9 nitrogen and oxygen atoms in total. The van der Waals surface area contributed by atoms with E-state index in [1.54, 1.807) is 18.6 Å². The summed E-state index contributed by atoms with van der Waals surface area (Å²) in [6.45, 7) is 23.2. The van der Waals surface area contributed by atoms with Crippen LogP contribution in [0.3, 0.4) is 0 Å². The van der Waals surface area contributed by atoms with Crippen LogP contribution in [0.5, 0.6) is 5.88 Å². The Kier molecular flexibility index (Phi) is 10.5. The fourth-order valence-corrected chi connectivity index (χ4v) is 16.4. The van der Waals surface area contributed by atoms with Gasteiger partial charge in [-0.15, -0.1) is 0 Å². The standard InChI is InChI=1S/C47H70N4O5S/c1-32(2)34-12-19-47(50-24-25-51-26-28-57(54,55)29-27-51)21-20-44(6)36(40(34)47)8-9-38-43(5)15-13-35(42(3,4)37(43)14-16-45(38,44)7)33-10-17-46(18-11-33,41(52)53)31-56-39-30-48-22-23-49-39/h10,13,22-23,30,34,36-38,40,50H,1,8-9,11-12,14-21,24-29,31H2,2-7H3,(H,52,53)/t34-,36+,37?,38?,40?,43-,44+,45+,46+,47-/m0/s1. The Morgan fingerprint density at radius 2 is 1.72 bits per heavy atom. The first kappa shape index (κ1) is 41.2. The topological polar surface area (TPSA) is 122 Å². The Labute approximate surface area is 342 Å². The summed E-state index contributed by atoms with van der Waals surface area (Å²) in [5.74, 6) is 3.17. The maximum Gasteiger partial charge on any atom is 0.313 e. The third-order valence-electron chi connectivity index (χ3n) is 18.4. The quantitative estimate of drug-likeness (QED) is 0.225. The highest BCUT2D eigenvalue weighted by Gasteiger charge is 2.70. The van der Waals surface area contributed by atoms with Crippen molar-refractivity contribution in [1.82, 2.24) is 20.2 Å². The van der Waals surface area contributed by atoms with Gasteiger partial charge in [0.15, 0.2) is 9.84 Å². The minimum Gasteiger partial charge on any atom is -0.481 e. The first-order valence-electron chi connectivity index (χ1n) is 22.3. The molecule has 0 spiro atoms. The zero-order chi connectivity index (χ0) is 40.6. The second-order valence-corrected chi connectivity index (χ2v) is 23.5. The number of carboxylic acid groups (broad SMARTS) is 1. The molecule has 1 aliphatic heterocycles. The Balaban J connectivity index is 1.01. The monoisotopic (exact) mass is 803 g/mol. The predicted octanol–water partition coefficient (Wildman–Crippen LogP) is 8.30. The molecule has 314 valence electrons. The molecule has 0 aromatic carbocycles. The van der Waals surface area contributed by atoms with Crippen LogP contribution in [0, 0.1) is 56.7 Å². The van der Waals surface area contributed by atoms with E-state index < -0.39 is 21.2 Å². The Morgan fingerprint density at radius 3 is 2.39 bits per heavy atom. The molecular weight excluding hydrogens is 733 g/mol. The number of rotatable bonds is 10. The van der Waals surface area contributed by atoms with Gasteiger partial charge >= 0.3 is 5.97 Å². The lowest BCUT2D eigenvalue weighted by molar-refractivity contribution is -0.221. The lowest BCUT2D eigenvalue weighted by Gasteiger charge is -2.72. The number of fused-ring (bicyclic) bond motifs is 7. The zero-order valence-electron chi connectivity index (χ0n) is 35.7. The van der Waals surface area contributed by atoms with Gasteiger partial charge in [0.05, 0.1) is 17.7 Å². The van der Waals surface area contributed by atoms with Gasteiger partial charge in [-0.2, -0.15) is 0 Å². The molecule has 2 heterocycles. The lowest BCUT2D eigenvalue weighted by atomic mass is 9.33. The molecule has 6 aliphatic carbocycles. The van der Waals surface area contributed by atoms with Crippen molar-refractivity contribution in [3.05, 3.63) is 54.0 Å². The van der Waals surface area contributed by atoms with Gasteiger partial charge in [-0.3, -0.25) is 9.78 Å². The number of carbonyl (C=O) groups is 1. The van der Waals surface area contributed by atoms with Crippen molar-refractivity contribution >= 4 is 15.8 Å². The Hall–Kier alpha value is -2.56. The first-order valence-corrected chi connectivity index (χ1v) is 24.1. The molecular formula is C47H70N4O5S. The van der Waals surface area contributed by atoms with E-state index in [-0.39, 0.29) is 33.8 Å². The average Bonchev–Trinajstić information content (AvgIpc) is 3.55. The molecule has 0 bridgehead atoms. The number of allylic oxidation sites excluding steroid dienone is 5. The van der Waals surface area contributed by atoms with E-state index in [0.717, 1.165) is 25.9 Å². The van der Waals surface area contributed by atoms with Crippen LogP contribution >= 0.6 is 0 Å². The van der Waals surface area contributed by atoms with Crippen molar-refractivity contribution in [3.8, 4) is 5.88 Å². The third kappa shape index (κ3) is 6.68. The maximum atomic E-state index is 12.7. The summed E-state index contributed by atoms with van der Waals surface area (Å²) in [6.07, 6.45) is 22.4. The van der Waals surface area contributed by atoms with Gasteiger partial charge in [-0.05, 0) is 146 Å². The van der Waals surface area contributed by atoms with Crippen molar-refractivity contribution in [2.24, 2.45) is 56.7 Å². The number of aliphatic carboxylic acids is 1. The van der Waals surface area contributed by atoms with Crippen molar-refractivity contribution in [2.75, 3.05) is 44.3 Å². The first-order chi connectivity index (χ1) is 26.9. The van der Waals surface area contributed by atoms with Gasteiger partial charge < -0.3 is 20.1 Å². The molecule has 10 atom stereocenters. The number of sulfone groups is 1. The van der Waals surface area contributed by atoms with Gasteiger partial charge in [-0.1, -0.05) is 58.9 Å². The fraction of sp³-hybridized carbons (Fsp3) is 0.766. The summed E-state index contributed by atoms with van der Waals surface area (Å²) >= 11 is 0. The number of hydrogen-bond acceptors (Lipinski definition) is 8. The van der Waals surface area contributed by atoms with E-state index in [0.29, 0.717) is 72.9 Å². The summed E-state index contributed by atoms with van der Waals surface area (Å²) in [5, 5.41) is 14.6. The van der Waals surface area contributed by atoms with E-state index in [1.807, 2.05) is 0 Å². The van der Waals surface area contributed by atoms with Crippen LogP contribution < -0.4 is 10.1 Å². The Bertz CT molecular complexity index is 1900. The van der Waals surface area contributed by atoms with Gasteiger partial charge in [0.2, 0.25) is 5.88 Å². The van der Waals surface area contributed by atoms with Crippen LogP contribution in [0.4, 0.5) is 0 Å². The lowest BCUT2D eigenvalue weighted by Crippen LogP contribution is -2.68. The molecule has 0 radical (unpaired) electrons. The smallest absolute Gasteiger partial charge is 0.313 e. The van der Waals surface area contributed by atoms with Crippen LogP contribution in [-0.4, -0.2) is 84.2 Å². The maximum absolute atomic E-state index is 12.7. The summed E-state index contributed by atoms with van der Waals surface area (Å²) in [4.78, 5) is 23.3. The van der Waals surface area contributed by atoms with E-state index >= 15 is 0 Å². The molecule has 10 heteroatoms. The molecule has 4 saturated carbocycles. The van der Waals surface area contributed by atoms with E-state index in [2.05, 4.69) is 80.5 Å². The normalized spacial score (nSPS) is 42.3. The summed E-state index contributed by atoms with van der Waals surface area (Å²) in [5.41, 5.74) is 4.04. The number of ether oxygens (including phenoxy) is 1. The molecule has 3 unspecified atom stereocenters. The molecule has 7 aliphatic rings. The zero-order valence-corrected chi connectivity index (χ0v) is 36.6. The summed E-state index contributed by atoms with van der Waals surface area (Å²) < 4.78 is 30.0. The highest BCUT2D eigenvalue weighted by molar-refractivity contribution is 7.91. The highest BCUT2D eigenvalue weighted by atomic mass is 32.2. The highest BCUT2D eigenvalue weighted by Crippen LogP contribution is 2.76. The van der Waals surface area contributed by atoms with E-state index in [4.69, 9.17) is 4.74 Å². The number of aromatic nitrogens is 2. The van der Waals surface area contributed by atoms with Crippen LogP contribution in [-0.2, 0) is 14.6 Å². The van der Waals surface area contributed by atoms with E-state index in [9.17, 15) is 18.3 Å². The summed E-state index contributed by atoms with van der Waals surface area (Å²) in [7, 11) is -2.87. The van der Waals surface area contributed by atoms with Crippen molar-refractivity contribution in [1.29, 1.82) is 0 Å². The molecule has 1 aromatic heterocycles. The molecule has 1 aromatic rings. The van der Waals surface area contributed by atoms with E-state index in [1.165, 1.54) is 68.1 Å². The van der Waals surface area contributed by atoms with Crippen LogP contribution in [0.15, 0.2) is 54.0 Å². The molecule has 8 rings (SSSR count). The predicted molar refractivity (Wildman–Crippen MR) is 225 cm³/mol. The molecule has 0 amide bonds. The van der Waals surface area contributed by atoms with Crippen LogP contribution in [0.1, 0.15) is 119 Å². The SMILES string of the molecule is C=C(C)[C@@H]1CC[C@]2(NCCN3CCS(=O)(=O)CC3)CC[C@]3(C)[C@H](CCC4[C@@]5(C)CC=C(C6=CC[C@@](COc7cnccn7)(C(=O)O)CC6)C(C)(C)C5CC[C@]43C)C12. The van der Waals surface area contributed by atoms with Gasteiger partial charge in [0, 0.05) is 44.1 Å². The minimum atomic E-state index is -2.87.